The Bertz CT molecular complexity index is 1320. The Hall–Kier alpha value is -2.79. The molecule has 2 aliphatic heterocycles. The Labute approximate surface area is 203 Å². The summed E-state index contributed by atoms with van der Waals surface area (Å²) in [5.74, 6) is -0.341. The molecule has 2 aromatic heterocycles. The van der Waals surface area contributed by atoms with Gasteiger partial charge in [-0.3, -0.25) is 14.5 Å². The molecule has 1 aromatic carbocycles. The van der Waals surface area contributed by atoms with E-state index in [1.165, 1.54) is 16.5 Å². The second-order valence-corrected chi connectivity index (χ2v) is 8.47. The summed E-state index contributed by atoms with van der Waals surface area (Å²) < 4.78 is 20.5. The molecule has 33 heavy (non-hydrogen) atoms. The number of pyridine rings is 1. The number of anilines is 1. The Morgan fingerprint density at radius 2 is 1.94 bits per heavy atom. The maximum absolute atomic E-state index is 13.1. The largest absolute Gasteiger partial charge is 1.00 e. The van der Waals surface area contributed by atoms with Crippen LogP contribution in [0.3, 0.4) is 0 Å². The average Bonchev–Trinajstić information content (AvgIpc) is 3.26. The minimum Gasteiger partial charge on any atom is -1.00 e. The van der Waals surface area contributed by atoms with Crippen molar-refractivity contribution in [1.29, 1.82) is 0 Å². The van der Waals surface area contributed by atoms with Gasteiger partial charge >= 0.3 is 5.56 Å². The molecule has 1 saturated heterocycles. The zero-order chi connectivity index (χ0) is 22.2. The summed E-state index contributed by atoms with van der Waals surface area (Å²) in [6.07, 6.45) is 3.90. The molecule has 5 rings (SSSR count). The topological polar surface area (TPSA) is 96.0 Å². The first-order valence-corrected chi connectivity index (χ1v) is 10.9. The second kappa shape index (κ2) is 9.60. The number of allylic oxidation sites excluding steroid dienone is 1. The Morgan fingerprint density at radius 3 is 2.67 bits per heavy atom. The van der Waals surface area contributed by atoms with Crippen LogP contribution in [0.25, 0.3) is 5.65 Å². The zero-order valence-corrected chi connectivity index (χ0v) is 19.7. The first-order chi connectivity index (χ1) is 15.5. The van der Waals surface area contributed by atoms with Gasteiger partial charge in [0.1, 0.15) is 11.5 Å². The third-order valence-electron chi connectivity index (χ3n) is 5.47. The maximum Gasteiger partial charge on any atom is 0.301 e. The van der Waals surface area contributed by atoms with Crippen molar-refractivity contribution in [3.8, 4) is 5.75 Å². The SMILES string of the molecule is O=c1c(O)c(C2=NC=C(Cc3ccc(F)cc3)[NH2+]2)nc2c(Br)cc(N3CCOCC3)cn12.[Cl-]. The average molecular weight is 537 g/mol. The number of rotatable bonds is 4. The highest BCUT2D eigenvalue weighted by Crippen LogP contribution is 2.25. The summed E-state index contributed by atoms with van der Waals surface area (Å²) in [5.41, 5.74) is 2.60. The minimum absolute atomic E-state index is 0. The van der Waals surface area contributed by atoms with Gasteiger partial charge in [-0.25, -0.2) is 9.37 Å². The molecule has 3 aromatic rings. The number of aromatic hydroxyl groups is 1. The standard InChI is InChI=1S/C22H19BrFN5O3.ClH/c23-17-10-16(28-5-7-32-8-6-28)12-29-21(17)27-18(19(30)22(29)31)20-25-11-15(26-20)9-13-1-3-14(24)4-2-13;/h1-4,10-12,30H,5-9H2,(H,25,26);1H. The summed E-state index contributed by atoms with van der Waals surface area (Å²) in [4.78, 5) is 24.0. The fourth-order valence-corrected chi connectivity index (χ4v) is 4.33. The lowest BCUT2D eigenvalue weighted by Gasteiger charge is -2.29. The van der Waals surface area contributed by atoms with E-state index < -0.39 is 11.3 Å². The van der Waals surface area contributed by atoms with Crippen LogP contribution in [0.15, 0.2) is 62.7 Å². The van der Waals surface area contributed by atoms with Crippen LogP contribution in [0, 0.1) is 5.82 Å². The zero-order valence-electron chi connectivity index (χ0n) is 17.3. The molecule has 0 amide bonds. The number of ether oxygens (including phenoxy) is 1. The highest BCUT2D eigenvalue weighted by Gasteiger charge is 2.26. The third kappa shape index (κ3) is 4.65. The number of morpholine rings is 1. The molecule has 0 unspecified atom stereocenters. The van der Waals surface area contributed by atoms with Crippen molar-refractivity contribution in [1.82, 2.24) is 9.38 Å². The molecule has 11 heteroatoms. The normalized spacial score (nSPS) is 15.9. The number of nitrogens with two attached hydrogens (primary N) is 1. The van der Waals surface area contributed by atoms with Gasteiger partial charge in [-0.2, -0.15) is 4.99 Å². The van der Waals surface area contributed by atoms with Gasteiger partial charge in [0.05, 0.1) is 29.6 Å². The van der Waals surface area contributed by atoms with Crippen molar-refractivity contribution in [3.05, 3.63) is 80.3 Å². The van der Waals surface area contributed by atoms with Gasteiger partial charge in [-0.05, 0) is 39.7 Å². The van der Waals surface area contributed by atoms with Crippen molar-refractivity contribution in [2.45, 2.75) is 6.42 Å². The molecule has 8 nitrogen and oxygen atoms in total. The van der Waals surface area contributed by atoms with Crippen molar-refractivity contribution in [3.63, 3.8) is 0 Å². The molecule has 172 valence electrons. The van der Waals surface area contributed by atoms with Crippen LogP contribution >= 0.6 is 15.9 Å². The van der Waals surface area contributed by atoms with E-state index in [1.807, 2.05) is 6.07 Å². The molecule has 0 bridgehead atoms. The smallest absolute Gasteiger partial charge is 0.301 e. The van der Waals surface area contributed by atoms with Gasteiger partial charge in [0.2, 0.25) is 5.75 Å². The minimum atomic E-state index is -0.566. The highest BCUT2D eigenvalue weighted by molar-refractivity contribution is 9.10. The third-order valence-corrected chi connectivity index (χ3v) is 6.06. The summed E-state index contributed by atoms with van der Waals surface area (Å²) in [5, 5.41) is 12.4. The van der Waals surface area contributed by atoms with Crippen molar-refractivity contribution in [2.75, 3.05) is 31.2 Å². The number of quaternary nitrogens is 1. The number of hydrogen-bond donors (Lipinski definition) is 2. The summed E-state index contributed by atoms with van der Waals surface area (Å²) in [7, 11) is 0. The molecule has 0 saturated carbocycles. The van der Waals surface area contributed by atoms with Gasteiger partial charge in [-0.15, -0.1) is 0 Å². The fourth-order valence-electron chi connectivity index (χ4n) is 3.82. The van der Waals surface area contributed by atoms with E-state index in [0.717, 1.165) is 30.0 Å². The number of aliphatic imine (C=N–C) groups is 1. The number of benzene rings is 1. The molecule has 0 radical (unpaired) electrons. The number of halogens is 3. The molecule has 4 heterocycles. The molecule has 0 atom stereocenters. The molecule has 0 aliphatic carbocycles. The lowest BCUT2D eigenvalue weighted by Crippen LogP contribution is -3.00. The summed E-state index contributed by atoms with van der Waals surface area (Å²) >= 11 is 3.52. The van der Waals surface area contributed by atoms with E-state index in [2.05, 4.69) is 30.8 Å². The second-order valence-electron chi connectivity index (χ2n) is 7.62. The van der Waals surface area contributed by atoms with Crippen LogP contribution < -0.4 is 28.2 Å². The number of fused-ring (bicyclic) bond motifs is 1. The summed E-state index contributed by atoms with van der Waals surface area (Å²) in [6, 6.07) is 8.15. The van der Waals surface area contributed by atoms with E-state index in [0.29, 0.717) is 35.6 Å². The lowest BCUT2D eigenvalue weighted by molar-refractivity contribution is -0.481. The van der Waals surface area contributed by atoms with Crippen LogP contribution in [0.4, 0.5) is 10.1 Å². The molecule has 3 N–H and O–H groups in total. The predicted octanol–water partition coefficient (Wildman–Crippen LogP) is -1.45. The van der Waals surface area contributed by atoms with Crippen LogP contribution in [-0.4, -0.2) is 46.6 Å². The van der Waals surface area contributed by atoms with Gasteiger partial charge in [0.25, 0.3) is 5.84 Å². The predicted molar refractivity (Wildman–Crippen MR) is 121 cm³/mol. The van der Waals surface area contributed by atoms with E-state index in [9.17, 15) is 14.3 Å². The first-order valence-electron chi connectivity index (χ1n) is 10.1. The monoisotopic (exact) mass is 535 g/mol. The van der Waals surface area contributed by atoms with Crippen molar-refractivity contribution < 1.29 is 32.0 Å². The number of aromatic nitrogens is 2. The van der Waals surface area contributed by atoms with Gasteiger partial charge in [0.15, 0.2) is 11.3 Å². The Kier molecular flexibility index (Phi) is 6.80. The van der Waals surface area contributed by atoms with E-state index >= 15 is 0 Å². The quantitative estimate of drug-likeness (QED) is 0.426. The van der Waals surface area contributed by atoms with Crippen LogP contribution in [0.1, 0.15) is 11.3 Å². The van der Waals surface area contributed by atoms with E-state index in [-0.39, 0.29) is 23.9 Å². The fraction of sp³-hybridized carbons (Fsp3) is 0.227. The van der Waals surface area contributed by atoms with Crippen LogP contribution in [0.5, 0.6) is 5.75 Å². The van der Waals surface area contributed by atoms with Crippen molar-refractivity contribution in [2.24, 2.45) is 4.99 Å². The molecule has 0 spiro atoms. The molecule has 2 aliphatic rings. The maximum atomic E-state index is 13.1. The Morgan fingerprint density at radius 1 is 1.21 bits per heavy atom. The number of amidine groups is 1. The van der Waals surface area contributed by atoms with E-state index in [1.54, 1.807) is 29.8 Å². The molecular weight excluding hydrogens is 517 g/mol. The lowest BCUT2D eigenvalue weighted by atomic mass is 10.1. The number of hydrogen-bond acceptors (Lipinski definition) is 6. The van der Waals surface area contributed by atoms with Gasteiger partial charge < -0.3 is 27.2 Å². The van der Waals surface area contributed by atoms with Crippen molar-refractivity contribution >= 4 is 33.1 Å². The van der Waals surface area contributed by atoms with Gasteiger partial charge in [0, 0.05) is 25.7 Å². The molecule has 1 fully saturated rings. The number of nitrogens with zero attached hydrogens (tertiary/aromatic N) is 4. The van der Waals surface area contributed by atoms with Crippen LogP contribution in [0.2, 0.25) is 0 Å². The van der Waals surface area contributed by atoms with Crippen LogP contribution in [-0.2, 0) is 11.2 Å². The summed E-state index contributed by atoms with van der Waals surface area (Å²) in [6.45, 7) is 2.68. The first kappa shape index (κ1) is 23.4. The highest BCUT2D eigenvalue weighted by atomic mass is 79.9. The molecular formula is C22H20BrClFN5O3. The Balaban J connectivity index is 0.00000259. The van der Waals surface area contributed by atoms with Gasteiger partial charge in [-0.1, -0.05) is 12.1 Å². The van der Waals surface area contributed by atoms with E-state index in [4.69, 9.17) is 4.74 Å².